The van der Waals surface area contributed by atoms with E-state index >= 15 is 0 Å². The molecule has 0 radical (unpaired) electrons. The molecule has 0 aliphatic heterocycles. The van der Waals surface area contributed by atoms with Crippen LogP contribution in [0.5, 0.6) is 0 Å². The van der Waals surface area contributed by atoms with Gasteiger partial charge in [0.2, 0.25) is 0 Å². The van der Waals surface area contributed by atoms with Gasteiger partial charge in [-0.2, -0.15) is 5.26 Å². The predicted molar refractivity (Wildman–Crippen MR) is 230 cm³/mol. The molecule has 0 saturated carbocycles. The highest BCUT2D eigenvalue weighted by Gasteiger charge is 2.49. The molecule has 3 nitrogen and oxygen atoms in total. The summed E-state index contributed by atoms with van der Waals surface area (Å²) in [6, 6.07) is 73.5. The fraction of sp³-hybridized carbons (Fsp3) is 0.0185. The molecule has 1 aromatic heterocycles. The van der Waals surface area contributed by atoms with Crippen LogP contribution in [-0.4, -0.2) is 9.97 Å². The fourth-order valence-corrected chi connectivity index (χ4v) is 9.24. The minimum Gasteiger partial charge on any atom is -0.228 e. The number of hydrogen-bond acceptors (Lipinski definition) is 3. The number of rotatable bonds is 4. The maximum atomic E-state index is 9.56. The Morgan fingerprint density at radius 3 is 1.33 bits per heavy atom. The van der Waals surface area contributed by atoms with Gasteiger partial charge >= 0.3 is 0 Å². The highest BCUT2D eigenvalue weighted by Crippen LogP contribution is 2.61. The van der Waals surface area contributed by atoms with Crippen LogP contribution in [0.3, 0.4) is 0 Å². The number of hydrogen-bond donors (Lipinski definition) is 0. The summed E-state index contributed by atoms with van der Waals surface area (Å²) >= 11 is 0. The first-order valence-corrected chi connectivity index (χ1v) is 19.3. The molecule has 3 heteroatoms. The van der Waals surface area contributed by atoms with Crippen LogP contribution in [-0.2, 0) is 5.41 Å². The monoisotopic (exact) mass is 723 g/mol. The maximum absolute atomic E-state index is 9.56. The van der Waals surface area contributed by atoms with Crippen LogP contribution in [0.1, 0.15) is 27.8 Å². The summed E-state index contributed by atoms with van der Waals surface area (Å²) in [7, 11) is 0. The Bertz CT molecular complexity index is 3020. The van der Waals surface area contributed by atoms with E-state index in [1.54, 1.807) is 0 Å². The fourth-order valence-electron chi connectivity index (χ4n) is 9.24. The van der Waals surface area contributed by atoms with Gasteiger partial charge in [0.15, 0.2) is 5.82 Å². The van der Waals surface area contributed by atoms with Gasteiger partial charge in [-0.25, -0.2) is 9.97 Å². The summed E-state index contributed by atoms with van der Waals surface area (Å²) in [5.74, 6) is 0.642. The van der Waals surface area contributed by atoms with Crippen molar-refractivity contribution >= 4 is 0 Å². The zero-order valence-corrected chi connectivity index (χ0v) is 30.9. The van der Waals surface area contributed by atoms with Crippen LogP contribution >= 0.6 is 0 Å². The van der Waals surface area contributed by atoms with Gasteiger partial charge in [0.25, 0.3) is 0 Å². The Labute approximate surface area is 331 Å². The first-order chi connectivity index (χ1) is 28.2. The highest BCUT2D eigenvalue weighted by molar-refractivity contribution is 5.98. The molecule has 1 spiro atoms. The maximum Gasteiger partial charge on any atom is 0.160 e. The van der Waals surface area contributed by atoms with Crippen LogP contribution in [0.4, 0.5) is 0 Å². The average Bonchev–Trinajstić information content (AvgIpc) is 3.54. The lowest BCUT2D eigenvalue weighted by molar-refractivity contribution is 0.775. The number of aromatic nitrogens is 2. The van der Waals surface area contributed by atoms with Gasteiger partial charge in [-0.15, -0.1) is 0 Å². The van der Waals surface area contributed by atoms with E-state index in [9.17, 15) is 5.26 Å². The summed E-state index contributed by atoms with van der Waals surface area (Å²) in [6.07, 6.45) is 0. The van der Waals surface area contributed by atoms with E-state index in [1.165, 1.54) is 55.6 Å². The second-order valence-electron chi connectivity index (χ2n) is 14.8. The molecule has 11 rings (SSSR count). The molecule has 1 heterocycles. The van der Waals surface area contributed by atoms with Gasteiger partial charge in [0, 0.05) is 16.7 Å². The van der Waals surface area contributed by atoms with Gasteiger partial charge in [0.1, 0.15) is 0 Å². The van der Waals surface area contributed by atoms with Crippen molar-refractivity contribution in [3.05, 3.63) is 228 Å². The first kappa shape index (κ1) is 32.7. The van der Waals surface area contributed by atoms with Gasteiger partial charge < -0.3 is 0 Å². The number of benzene rings is 8. The summed E-state index contributed by atoms with van der Waals surface area (Å²) in [5.41, 5.74) is 19.3. The minimum absolute atomic E-state index is 0.590. The van der Waals surface area contributed by atoms with Crippen LogP contribution in [0.15, 0.2) is 200 Å². The van der Waals surface area contributed by atoms with Crippen molar-refractivity contribution in [3.8, 4) is 84.5 Å². The second-order valence-corrected chi connectivity index (χ2v) is 14.8. The number of fused-ring (bicyclic) bond motifs is 12. The van der Waals surface area contributed by atoms with E-state index in [0.29, 0.717) is 11.4 Å². The van der Waals surface area contributed by atoms with E-state index < -0.39 is 5.41 Å². The Morgan fingerprint density at radius 2 is 0.754 bits per heavy atom. The average molecular weight is 724 g/mol. The highest BCUT2D eigenvalue weighted by atomic mass is 14.9. The SMILES string of the molecule is N#Cc1ccc(-c2cc(-c3ccc4c(c3)C3(c5ccccc5-c5ccccc5-4)c4ccccc4-c4ccccc43)nc(-c3ccc(-c4ccccc4)cc3)n2)cc1. The molecule has 0 bridgehead atoms. The third-order valence-electron chi connectivity index (χ3n) is 11.8. The third kappa shape index (κ3) is 5.05. The molecule has 0 amide bonds. The molecule has 57 heavy (non-hydrogen) atoms. The van der Waals surface area contributed by atoms with Crippen molar-refractivity contribution in [2.45, 2.75) is 5.41 Å². The van der Waals surface area contributed by atoms with E-state index in [-0.39, 0.29) is 0 Å². The lowest BCUT2D eigenvalue weighted by atomic mass is 9.65. The quantitative estimate of drug-likeness (QED) is 0.182. The lowest BCUT2D eigenvalue weighted by Crippen LogP contribution is -2.29. The van der Waals surface area contributed by atoms with Crippen LogP contribution < -0.4 is 0 Å². The zero-order chi connectivity index (χ0) is 37.9. The van der Waals surface area contributed by atoms with Crippen molar-refractivity contribution in [2.75, 3.05) is 0 Å². The molecule has 2 aliphatic rings. The van der Waals surface area contributed by atoms with Crippen molar-refractivity contribution in [1.29, 1.82) is 5.26 Å². The lowest BCUT2D eigenvalue weighted by Gasteiger charge is -2.35. The molecule has 0 unspecified atom stereocenters. The molecule has 0 N–H and O–H groups in total. The van der Waals surface area contributed by atoms with Gasteiger partial charge in [-0.3, -0.25) is 0 Å². The second kappa shape index (κ2) is 13.0. The summed E-state index contributed by atoms with van der Waals surface area (Å²) in [6.45, 7) is 0. The number of nitriles is 1. The van der Waals surface area contributed by atoms with Crippen molar-refractivity contribution in [1.82, 2.24) is 9.97 Å². The Morgan fingerprint density at radius 1 is 0.333 bits per heavy atom. The zero-order valence-electron chi connectivity index (χ0n) is 30.9. The van der Waals surface area contributed by atoms with Crippen LogP contribution in [0.25, 0.3) is 78.4 Å². The Balaban J connectivity index is 1.18. The standard InChI is InChI=1S/C54H33N3/c55-34-35-22-24-38(25-23-35)51-33-52(57-53(56-51)39-28-26-37(27-29-39)36-12-2-1-3-13-36)40-30-31-46-42-15-5-4-14-41(42)43-16-6-9-19-47(43)54(50(46)32-40)48-20-10-7-17-44(48)45-18-8-11-21-49(45)54/h1-33H. The summed E-state index contributed by atoms with van der Waals surface area (Å²) in [5, 5.41) is 9.56. The van der Waals surface area contributed by atoms with E-state index in [2.05, 4.69) is 176 Å². The van der Waals surface area contributed by atoms with Crippen molar-refractivity contribution in [2.24, 2.45) is 0 Å². The van der Waals surface area contributed by atoms with Gasteiger partial charge in [-0.05, 0) is 91.0 Å². The normalized spacial score (nSPS) is 12.7. The minimum atomic E-state index is -0.590. The van der Waals surface area contributed by atoms with E-state index in [0.717, 1.165) is 39.2 Å². The van der Waals surface area contributed by atoms with Gasteiger partial charge in [0.05, 0.1) is 28.4 Å². The van der Waals surface area contributed by atoms with E-state index in [4.69, 9.17) is 9.97 Å². The molecule has 9 aromatic rings. The van der Waals surface area contributed by atoms with Crippen LogP contribution in [0, 0.1) is 11.3 Å². The smallest absolute Gasteiger partial charge is 0.160 e. The molecular weight excluding hydrogens is 691 g/mol. The van der Waals surface area contributed by atoms with E-state index in [1.807, 2.05) is 30.3 Å². The molecular formula is C54H33N3. The topological polar surface area (TPSA) is 49.6 Å². The molecule has 2 aliphatic carbocycles. The Hall–Kier alpha value is -7.67. The number of nitrogens with zero attached hydrogens (tertiary/aromatic N) is 3. The molecule has 0 fully saturated rings. The Kier molecular flexibility index (Phi) is 7.45. The molecule has 0 saturated heterocycles. The summed E-state index contributed by atoms with van der Waals surface area (Å²) in [4.78, 5) is 10.5. The third-order valence-corrected chi connectivity index (χ3v) is 11.8. The largest absolute Gasteiger partial charge is 0.228 e. The van der Waals surface area contributed by atoms with Crippen LogP contribution in [0.2, 0.25) is 0 Å². The van der Waals surface area contributed by atoms with Crippen molar-refractivity contribution < 1.29 is 0 Å². The predicted octanol–water partition coefficient (Wildman–Crippen LogP) is 13.0. The van der Waals surface area contributed by atoms with Gasteiger partial charge in [-0.1, -0.05) is 176 Å². The molecule has 0 atom stereocenters. The first-order valence-electron chi connectivity index (χ1n) is 19.3. The summed E-state index contributed by atoms with van der Waals surface area (Å²) < 4.78 is 0. The molecule has 264 valence electrons. The van der Waals surface area contributed by atoms with Crippen molar-refractivity contribution in [3.63, 3.8) is 0 Å². The molecule has 8 aromatic carbocycles.